The Morgan fingerprint density at radius 3 is 2.51 bits per heavy atom. The van der Waals surface area contributed by atoms with Gasteiger partial charge in [-0.05, 0) is 104 Å². The van der Waals surface area contributed by atoms with Crippen molar-refractivity contribution in [2.75, 3.05) is 13.2 Å². The van der Waals surface area contributed by atoms with Crippen LogP contribution in [0, 0.1) is 13.8 Å². The van der Waals surface area contributed by atoms with Crippen LogP contribution >= 0.6 is 11.6 Å². The van der Waals surface area contributed by atoms with Gasteiger partial charge in [0.15, 0.2) is 0 Å². The molecule has 0 atom stereocenters. The van der Waals surface area contributed by atoms with Gasteiger partial charge in [-0.15, -0.1) is 0 Å². The fourth-order valence-corrected chi connectivity index (χ4v) is 4.53. The summed E-state index contributed by atoms with van der Waals surface area (Å²) in [6, 6.07) is 15.2. The molecule has 0 unspecified atom stereocenters. The molecule has 0 bridgehead atoms. The average molecular weight is 572 g/mol. The number of carbonyl (C=O) groups excluding carboxylic acids is 1. The molecule has 8 heteroatoms. The number of rotatable bonds is 10. The predicted octanol–water partition coefficient (Wildman–Crippen LogP) is 7.75. The second-order valence-electron chi connectivity index (χ2n) is 9.90. The van der Waals surface area contributed by atoms with Gasteiger partial charge in [0, 0.05) is 17.0 Å². The van der Waals surface area contributed by atoms with Crippen LogP contribution in [0.25, 0.3) is 22.4 Å². The van der Waals surface area contributed by atoms with Gasteiger partial charge in [0.25, 0.3) is 0 Å². The van der Waals surface area contributed by atoms with E-state index in [1.165, 1.54) is 18.1 Å². The van der Waals surface area contributed by atoms with E-state index in [9.17, 15) is 9.59 Å². The minimum absolute atomic E-state index is 0.163. The molecule has 210 valence electrons. The lowest BCUT2D eigenvalue weighted by Crippen LogP contribution is -2.11. The quantitative estimate of drug-likeness (QED) is 0.0831. The Hall–Kier alpha value is -4.36. The van der Waals surface area contributed by atoms with Gasteiger partial charge < -0.3 is 18.6 Å². The molecule has 0 radical (unpaired) electrons. The number of ether oxygens (including phenoxy) is 3. The summed E-state index contributed by atoms with van der Waals surface area (Å²) in [6.07, 6.45) is 5.89. The number of benzene rings is 3. The summed E-state index contributed by atoms with van der Waals surface area (Å²) in [5.74, 6) is 1.39. The monoisotopic (exact) mass is 571 g/mol. The lowest BCUT2D eigenvalue weighted by molar-refractivity contribution is 0.0733. The predicted molar refractivity (Wildman–Crippen MR) is 159 cm³/mol. The summed E-state index contributed by atoms with van der Waals surface area (Å²) in [7, 11) is 0. The number of aromatic nitrogens is 1. The van der Waals surface area contributed by atoms with E-state index in [1.807, 2.05) is 13.0 Å². The molecular weight excluding hydrogens is 542 g/mol. The molecule has 0 aliphatic heterocycles. The topological polar surface area (TPSA) is 87.9 Å². The van der Waals surface area contributed by atoms with Crippen molar-refractivity contribution in [3.8, 4) is 23.0 Å². The largest absolute Gasteiger partial charge is 0.494 e. The lowest BCUT2D eigenvalue weighted by Gasteiger charge is -2.20. The van der Waals surface area contributed by atoms with Crippen LogP contribution in [0.4, 0.5) is 0 Å². The van der Waals surface area contributed by atoms with Crippen LogP contribution in [0.5, 0.6) is 11.5 Å². The van der Waals surface area contributed by atoms with Crippen LogP contribution in [-0.2, 0) is 4.74 Å². The summed E-state index contributed by atoms with van der Waals surface area (Å²) >= 11 is 6.23. The van der Waals surface area contributed by atoms with Crippen molar-refractivity contribution in [3.63, 3.8) is 0 Å². The zero-order valence-corrected chi connectivity index (χ0v) is 23.8. The number of hydrogen-bond acceptors (Lipinski definition) is 7. The van der Waals surface area contributed by atoms with Crippen LogP contribution < -0.4 is 15.1 Å². The summed E-state index contributed by atoms with van der Waals surface area (Å²) in [5.41, 5.74) is 3.66. The summed E-state index contributed by atoms with van der Waals surface area (Å²) in [6.45, 7) is 8.52. The van der Waals surface area contributed by atoms with Crippen molar-refractivity contribution < 1.29 is 23.4 Å². The van der Waals surface area contributed by atoms with Crippen LogP contribution in [-0.4, -0.2) is 24.2 Å². The number of carbonyl (C=O) groups is 1. The lowest BCUT2D eigenvalue weighted by atomic mass is 9.91. The first-order valence-electron chi connectivity index (χ1n) is 13.5. The van der Waals surface area contributed by atoms with E-state index in [4.69, 9.17) is 30.2 Å². The van der Waals surface area contributed by atoms with Crippen molar-refractivity contribution in [1.29, 1.82) is 0 Å². The maximum atomic E-state index is 12.9. The number of halogens is 1. The zero-order chi connectivity index (χ0) is 28.9. The molecule has 1 aromatic heterocycles. The molecule has 41 heavy (non-hydrogen) atoms. The molecule has 4 aromatic rings. The van der Waals surface area contributed by atoms with Crippen molar-refractivity contribution in [3.05, 3.63) is 111 Å². The molecule has 3 aromatic carbocycles. The Morgan fingerprint density at radius 2 is 1.83 bits per heavy atom. The highest BCUT2D eigenvalue weighted by Crippen LogP contribution is 2.30. The maximum Gasteiger partial charge on any atom is 0.347 e. The summed E-state index contributed by atoms with van der Waals surface area (Å²) in [4.78, 5) is 30.1. The van der Waals surface area contributed by atoms with Gasteiger partial charge in [-0.3, -0.25) is 0 Å². The average Bonchev–Trinajstić information content (AvgIpc) is 2.93. The van der Waals surface area contributed by atoms with Crippen molar-refractivity contribution in [1.82, 2.24) is 4.98 Å². The standard InChI is InChI=1S/C33H30ClNO6/c1-4-29(22-7-5-8-22)39-16-6-15-38-25-13-11-23(12-14-25)32(36)40-30-19-26-28(17-21(30)3)35-31(41-33(26)37)24-10-9-20(2)27(34)18-24/h4,9-14,17-19H,1,5-8,15-16H2,2-3H3. The van der Waals surface area contributed by atoms with Gasteiger partial charge in [0.2, 0.25) is 5.89 Å². The van der Waals surface area contributed by atoms with E-state index in [0.717, 1.165) is 30.6 Å². The van der Waals surface area contributed by atoms with E-state index in [1.54, 1.807) is 55.5 Å². The number of nitrogens with zero attached hydrogens (tertiary/aromatic N) is 1. The van der Waals surface area contributed by atoms with Crippen molar-refractivity contribution in [2.45, 2.75) is 39.5 Å². The fraction of sp³-hybridized carbons (Fsp3) is 0.242. The van der Waals surface area contributed by atoms with Crippen LogP contribution in [0.15, 0.2) is 87.8 Å². The van der Waals surface area contributed by atoms with E-state index in [-0.39, 0.29) is 17.0 Å². The number of allylic oxidation sites excluding steroid dienone is 2. The molecule has 0 spiro atoms. The molecule has 0 saturated heterocycles. The van der Waals surface area contributed by atoms with Gasteiger partial charge in [0.05, 0.1) is 29.7 Å². The van der Waals surface area contributed by atoms with Crippen molar-refractivity contribution in [2.24, 2.45) is 0 Å². The Balaban J connectivity index is 1.21. The van der Waals surface area contributed by atoms with Crippen LogP contribution in [0.2, 0.25) is 5.02 Å². The summed E-state index contributed by atoms with van der Waals surface area (Å²) in [5, 5.41) is 0.756. The Labute approximate surface area is 243 Å². The van der Waals surface area contributed by atoms with E-state index in [0.29, 0.717) is 46.2 Å². The molecular formula is C33H30ClNO6. The molecule has 1 saturated carbocycles. The first-order valence-corrected chi connectivity index (χ1v) is 13.8. The summed E-state index contributed by atoms with van der Waals surface area (Å²) < 4.78 is 22.7. The van der Waals surface area contributed by atoms with Gasteiger partial charge in [0.1, 0.15) is 17.3 Å². The normalized spacial score (nSPS) is 12.5. The third kappa shape index (κ3) is 6.52. The molecule has 5 rings (SSSR count). The molecule has 7 nitrogen and oxygen atoms in total. The first-order chi connectivity index (χ1) is 19.8. The molecule has 1 heterocycles. The van der Waals surface area contributed by atoms with Crippen LogP contribution in [0.3, 0.4) is 0 Å². The molecule has 0 amide bonds. The van der Waals surface area contributed by atoms with Gasteiger partial charge in [-0.25, -0.2) is 14.6 Å². The smallest absolute Gasteiger partial charge is 0.347 e. The molecule has 1 fully saturated rings. The fourth-order valence-electron chi connectivity index (χ4n) is 4.35. The SMILES string of the molecule is C=CC(OCCCOc1ccc(C(=O)Oc2cc3c(=O)oc(-c4ccc(C)c(Cl)c4)nc3cc2C)cc1)=C1CCC1. The minimum Gasteiger partial charge on any atom is -0.494 e. The van der Waals surface area contributed by atoms with Crippen LogP contribution in [0.1, 0.15) is 47.2 Å². The number of fused-ring (bicyclic) bond motifs is 1. The van der Waals surface area contributed by atoms with E-state index in [2.05, 4.69) is 11.6 Å². The molecule has 1 aliphatic rings. The van der Waals surface area contributed by atoms with Gasteiger partial charge in [-0.1, -0.05) is 24.2 Å². The van der Waals surface area contributed by atoms with Gasteiger partial charge >= 0.3 is 11.6 Å². The second kappa shape index (κ2) is 12.4. The Bertz CT molecular complexity index is 1700. The third-order valence-corrected chi connectivity index (χ3v) is 7.35. The zero-order valence-electron chi connectivity index (χ0n) is 23.0. The third-order valence-electron chi connectivity index (χ3n) is 6.94. The van der Waals surface area contributed by atoms with E-state index >= 15 is 0 Å². The number of aryl methyl sites for hydroxylation is 2. The van der Waals surface area contributed by atoms with Crippen molar-refractivity contribution >= 4 is 28.5 Å². The van der Waals surface area contributed by atoms with Gasteiger partial charge in [-0.2, -0.15) is 0 Å². The number of hydrogen-bond donors (Lipinski definition) is 0. The Morgan fingerprint density at radius 1 is 1.05 bits per heavy atom. The highest BCUT2D eigenvalue weighted by molar-refractivity contribution is 6.31. The second-order valence-corrected chi connectivity index (χ2v) is 10.3. The maximum absolute atomic E-state index is 12.9. The Kier molecular flexibility index (Phi) is 8.55. The minimum atomic E-state index is -0.591. The highest BCUT2D eigenvalue weighted by Gasteiger charge is 2.16. The highest BCUT2D eigenvalue weighted by atomic mass is 35.5. The number of esters is 1. The molecule has 0 N–H and O–H groups in total. The molecule has 1 aliphatic carbocycles. The first kappa shape index (κ1) is 28.2. The van der Waals surface area contributed by atoms with E-state index < -0.39 is 11.6 Å².